The molecule has 0 aromatic carbocycles. The molecule has 1 aliphatic rings. The highest BCUT2D eigenvalue weighted by molar-refractivity contribution is 5.79. The molecule has 2 N–H and O–H groups in total. The van der Waals surface area contributed by atoms with Crippen molar-refractivity contribution in [3.05, 3.63) is 0 Å². The lowest BCUT2D eigenvalue weighted by Crippen LogP contribution is -2.53. The average Bonchev–Trinajstić information content (AvgIpc) is 2.27. The Labute approximate surface area is 111 Å². The Morgan fingerprint density at radius 2 is 1.89 bits per heavy atom. The summed E-state index contributed by atoms with van der Waals surface area (Å²) >= 11 is 0. The highest BCUT2D eigenvalue weighted by atomic mass is 19.4. The fraction of sp³-hybridized carbons (Fsp3) is 0.923. The number of halogens is 3. The maximum Gasteiger partial charge on any atom is 0.391 e. The Morgan fingerprint density at radius 1 is 1.32 bits per heavy atom. The summed E-state index contributed by atoms with van der Waals surface area (Å²) in [6.07, 6.45) is -4.14. The van der Waals surface area contributed by atoms with Crippen LogP contribution in [0.25, 0.3) is 0 Å². The number of aliphatic hydroxyl groups excluding tert-OH is 1. The van der Waals surface area contributed by atoms with Crippen molar-refractivity contribution >= 4 is 5.91 Å². The average molecular weight is 281 g/mol. The number of nitrogens with one attached hydrogen (secondary N) is 1. The monoisotopic (exact) mass is 281 g/mol. The van der Waals surface area contributed by atoms with Crippen LogP contribution in [0.15, 0.2) is 0 Å². The van der Waals surface area contributed by atoms with Crippen LogP contribution in [0, 0.1) is 11.8 Å². The summed E-state index contributed by atoms with van der Waals surface area (Å²) in [6, 6.07) is 0. The second kappa shape index (κ2) is 5.69. The van der Waals surface area contributed by atoms with Gasteiger partial charge in [0.05, 0.1) is 17.6 Å². The van der Waals surface area contributed by atoms with Crippen molar-refractivity contribution in [3.63, 3.8) is 0 Å². The quantitative estimate of drug-likeness (QED) is 0.835. The minimum Gasteiger partial charge on any atom is -0.391 e. The van der Waals surface area contributed by atoms with Crippen molar-refractivity contribution in [2.24, 2.45) is 11.8 Å². The van der Waals surface area contributed by atoms with Crippen LogP contribution in [0.5, 0.6) is 0 Å². The molecule has 0 aromatic heterocycles. The smallest absolute Gasteiger partial charge is 0.391 e. The predicted octanol–water partition coefficient (Wildman–Crippen LogP) is 2.63. The molecular formula is C13H22F3NO2. The molecule has 3 atom stereocenters. The first-order valence-electron chi connectivity index (χ1n) is 6.61. The van der Waals surface area contributed by atoms with Crippen molar-refractivity contribution in [2.75, 3.05) is 0 Å². The van der Waals surface area contributed by atoms with Gasteiger partial charge in [-0.25, -0.2) is 0 Å². The summed E-state index contributed by atoms with van der Waals surface area (Å²) in [5, 5.41) is 12.2. The molecule has 6 heteroatoms. The first kappa shape index (κ1) is 16.3. The number of hydrogen-bond acceptors (Lipinski definition) is 2. The molecule has 1 rings (SSSR count). The third-order valence-corrected chi connectivity index (χ3v) is 4.00. The van der Waals surface area contributed by atoms with E-state index in [9.17, 15) is 23.1 Å². The van der Waals surface area contributed by atoms with Crippen LogP contribution in [-0.4, -0.2) is 28.8 Å². The van der Waals surface area contributed by atoms with Gasteiger partial charge in [0, 0.05) is 5.92 Å². The molecule has 1 fully saturated rings. The summed E-state index contributed by atoms with van der Waals surface area (Å²) in [5.41, 5.74) is -0.831. The van der Waals surface area contributed by atoms with Gasteiger partial charge in [-0.2, -0.15) is 13.2 Å². The Bertz CT molecular complexity index is 326. The maximum atomic E-state index is 12.7. The molecule has 0 radical (unpaired) electrons. The number of amides is 1. The van der Waals surface area contributed by atoms with Gasteiger partial charge in [0.15, 0.2) is 0 Å². The van der Waals surface area contributed by atoms with Crippen LogP contribution in [0.2, 0.25) is 0 Å². The van der Waals surface area contributed by atoms with E-state index < -0.39 is 29.7 Å². The first-order chi connectivity index (χ1) is 8.54. The SMILES string of the molecule is CC(O)C(C)(C)NC(=O)C1CCCC(C(F)(F)F)C1. The number of carbonyl (C=O) groups excluding carboxylic acids is 1. The first-order valence-corrected chi connectivity index (χ1v) is 6.61. The molecule has 3 unspecified atom stereocenters. The maximum absolute atomic E-state index is 12.7. The third-order valence-electron chi connectivity index (χ3n) is 4.00. The van der Waals surface area contributed by atoms with E-state index in [1.807, 2.05) is 0 Å². The Kier molecular flexibility index (Phi) is 4.87. The van der Waals surface area contributed by atoms with E-state index in [0.717, 1.165) is 0 Å². The standard InChI is InChI=1S/C13H22F3NO2/c1-8(18)12(2,3)17-11(19)9-5-4-6-10(7-9)13(14,15)16/h8-10,18H,4-7H2,1-3H3,(H,17,19). The zero-order chi connectivity index (χ0) is 14.8. The Hall–Kier alpha value is -0.780. The van der Waals surface area contributed by atoms with E-state index in [0.29, 0.717) is 12.8 Å². The molecule has 0 bridgehead atoms. The van der Waals surface area contributed by atoms with Crippen molar-refractivity contribution < 1.29 is 23.1 Å². The van der Waals surface area contributed by atoms with Crippen molar-refractivity contribution in [2.45, 2.75) is 64.3 Å². The van der Waals surface area contributed by atoms with Crippen molar-refractivity contribution in [1.29, 1.82) is 0 Å². The van der Waals surface area contributed by atoms with Gasteiger partial charge in [-0.3, -0.25) is 4.79 Å². The fourth-order valence-electron chi connectivity index (χ4n) is 2.25. The zero-order valence-electron chi connectivity index (χ0n) is 11.5. The summed E-state index contributed by atoms with van der Waals surface area (Å²) in [4.78, 5) is 12.0. The number of hydrogen-bond donors (Lipinski definition) is 2. The Morgan fingerprint density at radius 3 is 2.37 bits per heavy atom. The van der Waals surface area contributed by atoms with Gasteiger partial charge in [0.1, 0.15) is 0 Å². The summed E-state index contributed by atoms with van der Waals surface area (Å²) in [7, 11) is 0. The van der Waals surface area contributed by atoms with Crippen LogP contribution >= 0.6 is 0 Å². The normalized spacial score (nSPS) is 26.9. The topological polar surface area (TPSA) is 49.3 Å². The summed E-state index contributed by atoms with van der Waals surface area (Å²) in [5.74, 6) is -2.38. The highest BCUT2D eigenvalue weighted by Gasteiger charge is 2.44. The molecule has 0 aromatic rings. The predicted molar refractivity (Wildman–Crippen MR) is 65.4 cm³/mol. The van der Waals surface area contributed by atoms with Gasteiger partial charge >= 0.3 is 6.18 Å². The molecule has 19 heavy (non-hydrogen) atoms. The molecular weight excluding hydrogens is 259 g/mol. The van der Waals surface area contributed by atoms with Gasteiger partial charge in [-0.15, -0.1) is 0 Å². The van der Waals surface area contributed by atoms with E-state index in [2.05, 4.69) is 5.32 Å². The highest BCUT2D eigenvalue weighted by Crippen LogP contribution is 2.40. The van der Waals surface area contributed by atoms with Crippen LogP contribution < -0.4 is 5.32 Å². The number of aliphatic hydroxyl groups is 1. The lowest BCUT2D eigenvalue weighted by molar-refractivity contribution is -0.186. The van der Waals surface area contributed by atoms with E-state index in [4.69, 9.17) is 0 Å². The van der Waals surface area contributed by atoms with E-state index in [1.54, 1.807) is 20.8 Å². The second-order valence-corrected chi connectivity index (χ2v) is 5.99. The largest absolute Gasteiger partial charge is 0.391 e. The number of carbonyl (C=O) groups is 1. The molecule has 0 spiro atoms. The molecule has 0 saturated heterocycles. The summed E-state index contributed by atoms with van der Waals surface area (Å²) < 4.78 is 38.0. The van der Waals surface area contributed by atoms with Gasteiger partial charge < -0.3 is 10.4 Å². The van der Waals surface area contributed by atoms with E-state index >= 15 is 0 Å². The minimum absolute atomic E-state index is 0.104. The molecule has 1 aliphatic carbocycles. The van der Waals surface area contributed by atoms with Gasteiger partial charge in [-0.1, -0.05) is 6.42 Å². The van der Waals surface area contributed by atoms with Gasteiger partial charge in [0.25, 0.3) is 0 Å². The van der Waals surface area contributed by atoms with Gasteiger partial charge in [0.2, 0.25) is 5.91 Å². The third kappa shape index (κ3) is 4.37. The molecule has 0 aliphatic heterocycles. The molecule has 112 valence electrons. The molecule has 3 nitrogen and oxygen atoms in total. The van der Waals surface area contributed by atoms with Crippen LogP contribution in [-0.2, 0) is 4.79 Å². The van der Waals surface area contributed by atoms with Crippen LogP contribution in [0.3, 0.4) is 0 Å². The molecule has 1 saturated carbocycles. The number of alkyl halides is 3. The van der Waals surface area contributed by atoms with Crippen LogP contribution in [0.1, 0.15) is 46.5 Å². The van der Waals surface area contributed by atoms with Crippen molar-refractivity contribution in [3.8, 4) is 0 Å². The fourth-order valence-corrected chi connectivity index (χ4v) is 2.25. The van der Waals surface area contributed by atoms with Gasteiger partial charge in [-0.05, 0) is 40.0 Å². The summed E-state index contributed by atoms with van der Waals surface area (Å²) in [6.45, 7) is 4.85. The lowest BCUT2D eigenvalue weighted by atomic mass is 9.80. The van der Waals surface area contributed by atoms with E-state index in [1.165, 1.54) is 0 Å². The molecule has 1 amide bonds. The molecule has 0 heterocycles. The second-order valence-electron chi connectivity index (χ2n) is 5.99. The van der Waals surface area contributed by atoms with Crippen molar-refractivity contribution in [1.82, 2.24) is 5.32 Å². The Balaban J connectivity index is 2.63. The van der Waals surface area contributed by atoms with Crippen LogP contribution in [0.4, 0.5) is 13.2 Å². The minimum atomic E-state index is -4.22. The lowest BCUT2D eigenvalue weighted by Gasteiger charge is -2.34. The number of rotatable bonds is 3. The zero-order valence-corrected chi connectivity index (χ0v) is 11.5. The van der Waals surface area contributed by atoms with E-state index in [-0.39, 0.29) is 18.7 Å².